The van der Waals surface area contributed by atoms with E-state index in [0.29, 0.717) is 32.7 Å². The number of nitrogens with zero attached hydrogens (tertiary/aromatic N) is 4. The Hall–Kier alpha value is -2.08. The number of nitrogens with two attached hydrogens (primary N) is 3. The van der Waals surface area contributed by atoms with Gasteiger partial charge in [-0.05, 0) is 6.54 Å². The number of ketones is 1. The second-order valence-corrected chi connectivity index (χ2v) is 7.95. The van der Waals surface area contributed by atoms with E-state index in [4.69, 9.17) is 16.3 Å². The summed E-state index contributed by atoms with van der Waals surface area (Å²) in [6.07, 6.45) is 0.250. The highest BCUT2D eigenvalue weighted by atomic mass is 16.2. The molecule has 0 bridgehead atoms. The highest BCUT2D eigenvalue weighted by Crippen LogP contribution is 2.03. The number of likely N-dealkylation sites (N-methyl/N-ethyl adjacent to an activating group) is 1. The lowest BCUT2D eigenvalue weighted by atomic mass is 10.1. The van der Waals surface area contributed by atoms with Gasteiger partial charge in [-0.2, -0.15) is 0 Å². The summed E-state index contributed by atoms with van der Waals surface area (Å²) >= 11 is 0. The fourth-order valence-electron chi connectivity index (χ4n) is 3.21. The van der Waals surface area contributed by atoms with E-state index < -0.39 is 0 Å². The number of carbonyl (C=O) groups excluding carboxylic acids is 4. The zero-order chi connectivity index (χ0) is 23.8. The van der Waals surface area contributed by atoms with Gasteiger partial charge in [-0.3, -0.25) is 33.9 Å². The first-order valence-corrected chi connectivity index (χ1v) is 10.8. The zero-order valence-electron chi connectivity index (χ0n) is 19.3. The maximum atomic E-state index is 12.2. The van der Waals surface area contributed by atoms with Crippen LogP contribution in [0.1, 0.15) is 20.8 Å². The Morgan fingerprint density at radius 3 is 1.29 bits per heavy atom. The van der Waals surface area contributed by atoms with Gasteiger partial charge in [0.05, 0.1) is 19.6 Å². The molecule has 1 aliphatic heterocycles. The van der Waals surface area contributed by atoms with Gasteiger partial charge in [0.1, 0.15) is 5.78 Å². The highest BCUT2D eigenvalue weighted by molar-refractivity contribution is 5.82. The predicted molar refractivity (Wildman–Crippen MR) is 120 cm³/mol. The molecule has 11 heteroatoms. The smallest absolute Gasteiger partial charge is 0.231 e. The van der Waals surface area contributed by atoms with Crippen LogP contribution < -0.4 is 17.2 Å². The molecule has 0 aromatic heterocycles. The summed E-state index contributed by atoms with van der Waals surface area (Å²) in [5.74, 6) is -0.498. The zero-order valence-corrected chi connectivity index (χ0v) is 19.3. The lowest BCUT2D eigenvalue weighted by Gasteiger charge is -2.33. The maximum Gasteiger partial charge on any atom is 0.231 e. The van der Waals surface area contributed by atoms with Gasteiger partial charge in [0.15, 0.2) is 0 Å². The molecule has 6 N–H and O–H groups in total. The number of hydrogen-bond acceptors (Lipinski definition) is 8. The normalized spacial score (nSPS) is 18.3. The SMILES string of the molecule is CCN1CCN(CC(N)=O)CCN(CC(N)=O)CCN(CC(=O)C(C)C)CC1.NC=O. The standard InChI is InChI=1S/C19H38N6O3.CH3NO/c1-4-22-5-7-23(13-17(26)16(2)3)9-10-25(15-19(21)28)12-11-24(8-6-22)14-18(20)27;2-1-3/h16H,4-15H2,1-3H3,(H2,20,27)(H2,21,28);1H,(H2,2,3). The lowest BCUT2D eigenvalue weighted by molar-refractivity contribution is -0.123. The maximum absolute atomic E-state index is 12.2. The Kier molecular flexibility index (Phi) is 15.5. The molecule has 1 fully saturated rings. The number of hydrogen-bond donors (Lipinski definition) is 3. The lowest BCUT2D eigenvalue weighted by Crippen LogP contribution is -2.49. The molecule has 0 radical (unpaired) electrons. The molecular formula is C20H41N7O4. The summed E-state index contributed by atoms with van der Waals surface area (Å²) in [5, 5.41) is 0. The fourth-order valence-corrected chi connectivity index (χ4v) is 3.21. The van der Waals surface area contributed by atoms with Gasteiger partial charge in [-0.1, -0.05) is 20.8 Å². The van der Waals surface area contributed by atoms with Crippen molar-refractivity contribution in [3.05, 3.63) is 0 Å². The molecule has 11 nitrogen and oxygen atoms in total. The van der Waals surface area contributed by atoms with E-state index in [1.54, 1.807) is 0 Å². The second kappa shape index (κ2) is 16.6. The minimum absolute atomic E-state index is 0.00717. The van der Waals surface area contributed by atoms with Crippen molar-refractivity contribution in [1.82, 2.24) is 19.6 Å². The van der Waals surface area contributed by atoms with E-state index in [2.05, 4.69) is 22.5 Å². The van der Waals surface area contributed by atoms with Crippen molar-refractivity contribution in [3.8, 4) is 0 Å². The van der Waals surface area contributed by atoms with Gasteiger partial charge in [0, 0.05) is 58.3 Å². The molecule has 1 heterocycles. The minimum atomic E-state index is -0.379. The Labute approximate surface area is 185 Å². The molecule has 1 saturated heterocycles. The summed E-state index contributed by atoms with van der Waals surface area (Å²) in [5.41, 5.74) is 15.0. The number of amides is 3. The van der Waals surface area contributed by atoms with Crippen molar-refractivity contribution in [1.29, 1.82) is 0 Å². The summed E-state index contributed by atoms with van der Waals surface area (Å²) in [4.78, 5) is 52.2. The Bertz CT molecular complexity index is 560. The summed E-state index contributed by atoms with van der Waals surface area (Å²) in [6, 6.07) is 0. The molecule has 0 aromatic rings. The van der Waals surface area contributed by atoms with Crippen LogP contribution in [0.4, 0.5) is 0 Å². The van der Waals surface area contributed by atoms with Crippen LogP contribution in [-0.4, -0.2) is 122 Å². The van der Waals surface area contributed by atoms with Crippen LogP contribution in [-0.2, 0) is 19.2 Å². The first-order chi connectivity index (χ1) is 14.6. The predicted octanol–water partition coefficient (Wildman–Crippen LogP) is -2.47. The second-order valence-electron chi connectivity index (χ2n) is 7.95. The average molecular weight is 444 g/mol. The third-order valence-corrected chi connectivity index (χ3v) is 5.16. The molecule has 0 aromatic carbocycles. The molecule has 180 valence electrons. The first-order valence-electron chi connectivity index (χ1n) is 10.8. The minimum Gasteiger partial charge on any atom is -0.372 e. The third kappa shape index (κ3) is 14.5. The van der Waals surface area contributed by atoms with Crippen molar-refractivity contribution >= 4 is 24.0 Å². The van der Waals surface area contributed by atoms with Gasteiger partial charge < -0.3 is 22.1 Å². The molecule has 0 unspecified atom stereocenters. The molecule has 31 heavy (non-hydrogen) atoms. The van der Waals surface area contributed by atoms with E-state index in [9.17, 15) is 14.4 Å². The Morgan fingerprint density at radius 1 is 0.742 bits per heavy atom. The molecule has 1 rings (SSSR count). The molecule has 0 saturated carbocycles. The number of Topliss-reactive ketones (excluding diaryl/α,β-unsaturated/α-hetero) is 1. The average Bonchev–Trinajstić information content (AvgIpc) is 2.67. The van der Waals surface area contributed by atoms with Crippen molar-refractivity contribution in [3.63, 3.8) is 0 Å². The first kappa shape index (κ1) is 28.9. The largest absolute Gasteiger partial charge is 0.372 e. The van der Waals surface area contributed by atoms with Gasteiger partial charge in [-0.15, -0.1) is 0 Å². The van der Waals surface area contributed by atoms with Crippen LogP contribution in [0, 0.1) is 5.92 Å². The quantitative estimate of drug-likeness (QED) is 0.348. The van der Waals surface area contributed by atoms with E-state index in [-0.39, 0.29) is 43.0 Å². The Morgan fingerprint density at radius 2 is 1.03 bits per heavy atom. The Balaban J connectivity index is 0.00000282. The van der Waals surface area contributed by atoms with Crippen LogP contribution in [0.25, 0.3) is 0 Å². The molecule has 0 spiro atoms. The summed E-state index contributed by atoms with van der Waals surface area (Å²) < 4.78 is 0. The van der Waals surface area contributed by atoms with Gasteiger partial charge in [0.25, 0.3) is 0 Å². The van der Waals surface area contributed by atoms with Crippen LogP contribution in [0.15, 0.2) is 0 Å². The highest BCUT2D eigenvalue weighted by Gasteiger charge is 2.19. The van der Waals surface area contributed by atoms with E-state index >= 15 is 0 Å². The van der Waals surface area contributed by atoms with Crippen LogP contribution in [0.3, 0.4) is 0 Å². The number of primary amides is 3. The molecule has 0 atom stereocenters. The number of rotatable bonds is 8. The van der Waals surface area contributed by atoms with Crippen molar-refractivity contribution in [2.75, 3.05) is 78.5 Å². The van der Waals surface area contributed by atoms with Gasteiger partial charge in [-0.25, -0.2) is 0 Å². The molecule has 1 aliphatic rings. The van der Waals surface area contributed by atoms with E-state index in [1.165, 1.54) is 0 Å². The van der Waals surface area contributed by atoms with Crippen LogP contribution in [0.5, 0.6) is 0 Å². The van der Waals surface area contributed by atoms with Crippen molar-refractivity contribution < 1.29 is 19.2 Å². The van der Waals surface area contributed by atoms with Crippen LogP contribution >= 0.6 is 0 Å². The molecule has 0 aliphatic carbocycles. The molecule has 3 amide bonds. The molecular weight excluding hydrogens is 402 g/mol. The summed E-state index contributed by atoms with van der Waals surface area (Å²) in [6.45, 7) is 13.4. The topological polar surface area (TPSA) is 159 Å². The van der Waals surface area contributed by atoms with Crippen LogP contribution in [0.2, 0.25) is 0 Å². The number of carbonyl (C=O) groups is 4. The van der Waals surface area contributed by atoms with E-state index in [0.717, 1.165) is 32.7 Å². The van der Waals surface area contributed by atoms with Crippen molar-refractivity contribution in [2.24, 2.45) is 23.1 Å². The fraction of sp³-hybridized carbons (Fsp3) is 0.800. The summed E-state index contributed by atoms with van der Waals surface area (Å²) in [7, 11) is 0. The monoisotopic (exact) mass is 443 g/mol. The van der Waals surface area contributed by atoms with Crippen molar-refractivity contribution in [2.45, 2.75) is 20.8 Å². The van der Waals surface area contributed by atoms with Gasteiger partial charge in [0.2, 0.25) is 18.2 Å². The third-order valence-electron chi connectivity index (χ3n) is 5.16. The van der Waals surface area contributed by atoms with E-state index in [1.807, 2.05) is 23.6 Å². The van der Waals surface area contributed by atoms with Gasteiger partial charge >= 0.3 is 0 Å².